The summed E-state index contributed by atoms with van der Waals surface area (Å²) in [5.74, 6) is 0.656. The van der Waals surface area contributed by atoms with Crippen molar-refractivity contribution in [1.82, 2.24) is 10.2 Å². The average molecular weight is 424 g/mol. The number of carbonyl (C=O) groups excluding carboxylic acids is 1. The van der Waals surface area contributed by atoms with Gasteiger partial charge in [0.2, 0.25) is 0 Å². The quantitative estimate of drug-likeness (QED) is 0.681. The van der Waals surface area contributed by atoms with E-state index in [1.807, 2.05) is 0 Å². The number of carbonyl (C=O) groups is 1. The van der Waals surface area contributed by atoms with E-state index in [-0.39, 0.29) is 17.9 Å². The Balaban J connectivity index is 1.35. The number of ether oxygens (including phenoxy) is 3. The number of halogens is 1. The second-order valence-electron chi connectivity index (χ2n) is 8.15. The van der Waals surface area contributed by atoms with Crippen molar-refractivity contribution in [3.8, 4) is 5.75 Å². The van der Waals surface area contributed by atoms with Gasteiger partial charge in [0.05, 0.1) is 35.1 Å². The molecule has 3 atom stereocenters. The minimum atomic E-state index is -0.179. The van der Waals surface area contributed by atoms with E-state index in [9.17, 15) is 4.79 Å². The van der Waals surface area contributed by atoms with E-state index in [0.29, 0.717) is 47.7 Å². The normalized spacial score (nSPS) is 26.9. The molecule has 2 saturated heterocycles. The SMILES string of the molecule is CO[C@@H]1CN(CC2CCCO2)CC[C@H]1CNC(=O)c1cc(Cl)c(N)c2c1OCC2. The monoisotopic (exact) mass is 423 g/mol. The van der Waals surface area contributed by atoms with Crippen LogP contribution in [0.4, 0.5) is 5.69 Å². The van der Waals surface area contributed by atoms with Crippen LogP contribution in [0.5, 0.6) is 5.75 Å². The maximum Gasteiger partial charge on any atom is 0.255 e. The number of benzene rings is 1. The first-order valence-electron chi connectivity index (χ1n) is 10.5. The Morgan fingerprint density at radius 1 is 1.41 bits per heavy atom. The van der Waals surface area contributed by atoms with Gasteiger partial charge in [0, 0.05) is 51.3 Å². The number of likely N-dealkylation sites (tertiary alicyclic amines) is 1. The molecule has 1 unspecified atom stereocenters. The maximum atomic E-state index is 12.8. The molecule has 160 valence electrons. The van der Waals surface area contributed by atoms with Crippen LogP contribution in [0, 0.1) is 5.92 Å². The number of nitrogen functional groups attached to an aromatic ring is 1. The summed E-state index contributed by atoms with van der Waals surface area (Å²) in [4.78, 5) is 15.3. The number of anilines is 1. The third-order valence-corrected chi connectivity index (χ3v) is 6.62. The zero-order valence-corrected chi connectivity index (χ0v) is 17.7. The van der Waals surface area contributed by atoms with Gasteiger partial charge in [0.15, 0.2) is 0 Å². The molecule has 1 aromatic carbocycles. The van der Waals surface area contributed by atoms with Crippen LogP contribution in [-0.4, -0.2) is 69.5 Å². The van der Waals surface area contributed by atoms with Gasteiger partial charge in [-0.1, -0.05) is 11.6 Å². The van der Waals surface area contributed by atoms with E-state index in [4.69, 9.17) is 31.5 Å². The van der Waals surface area contributed by atoms with Crippen molar-refractivity contribution in [3.05, 3.63) is 22.2 Å². The third kappa shape index (κ3) is 4.48. The summed E-state index contributed by atoms with van der Waals surface area (Å²) in [6.45, 7) is 4.78. The molecular weight excluding hydrogens is 394 g/mol. The highest BCUT2D eigenvalue weighted by Gasteiger charge is 2.32. The second-order valence-corrected chi connectivity index (χ2v) is 8.56. The molecule has 8 heteroatoms. The molecule has 3 aliphatic rings. The Bertz CT molecular complexity index is 754. The minimum Gasteiger partial charge on any atom is -0.492 e. The first-order valence-corrected chi connectivity index (χ1v) is 10.8. The Kier molecular flexibility index (Phi) is 6.49. The van der Waals surface area contributed by atoms with E-state index in [2.05, 4.69) is 10.2 Å². The van der Waals surface area contributed by atoms with Crippen molar-refractivity contribution in [1.29, 1.82) is 0 Å². The molecule has 0 bridgehead atoms. The molecule has 3 heterocycles. The average Bonchev–Trinajstić information content (AvgIpc) is 3.41. The highest BCUT2D eigenvalue weighted by molar-refractivity contribution is 6.33. The van der Waals surface area contributed by atoms with Crippen LogP contribution in [0.1, 0.15) is 35.2 Å². The standard InChI is InChI=1S/C21H30ClN3O4/c1-27-18-12-25(11-14-3-2-7-28-14)6-4-13(18)10-24-21(26)16-9-17(22)19(23)15-5-8-29-20(15)16/h9,13-14,18H,2-8,10-12,23H2,1H3,(H,24,26)/t13-,14?,18+/m0/s1. The lowest BCUT2D eigenvalue weighted by Crippen LogP contribution is -2.50. The van der Waals surface area contributed by atoms with Gasteiger partial charge in [-0.25, -0.2) is 0 Å². The number of hydrogen-bond donors (Lipinski definition) is 2. The summed E-state index contributed by atoms with van der Waals surface area (Å²) in [6, 6.07) is 1.61. The van der Waals surface area contributed by atoms with Crippen LogP contribution in [0.15, 0.2) is 6.07 Å². The summed E-state index contributed by atoms with van der Waals surface area (Å²) < 4.78 is 17.2. The number of piperidine rings is 1. The Hall–Kier alpha value is -1.54. The Labute approximate surface area is 176 Å². The van der Waals surface area contributed by atoms with Gasteiger partial charge < -0.3 is 25.3 Å². The maximum absolute atomic E-state index is 12.8. The Morgan fingerprint density at radius 3 is 3.03 bits per heavy atom. The fraction of sp³-hybridized carbons (Fsp3) is 0.667. The molecule has 0 saturated carbocycles. The van der Waals surface area contributed by atoms with E-state index < -0.39 is 0 Å². The zero-order valence-electron chi connectivity index (χ0n) is 16.9. The highest BCUT2D eigenvalue weighted by Crippen LogP contribution is 2.38. The summed E-state index contributed by atoms with van der Waals surface area (Å²) in [5.41, 5.74) is 7.83. The molecule has 3 N–H and O–H groups in total. The highest BCUT2D eigenvalue weighted by atomic mass is 35.5. The molecule has 3 aliphatic heterocycles. The van der Waals surface area contributed by atoms with Crippen molar-refractivity contribution < 1.29 is 19.0 Å². The summed E-state index contributed by atoms with van der Waals surface area (Å²) in [6.07, 6.45) is 4.39. The lowest BCUT2D eigenvalue weighted by Gasteiger charge is -2.38. The number of nitrogens with two attached hydrogens (primary N) is 1. The molecule has 0 spiro atoms. The largest absolute Gasteiger partial charge is 0.492 e. The number of amides is 1. The van der Waals surface area contributed by atoms with Crippen LogP contribution in [0.25, 0.3) is 0 Å². The number of nitrogens with one attached hydrogen (secondary N) is 1. The lowest BCUT2D eigenvalue weighted by molar-refractivity contribution is -0.0254. The molecule has 1 amide bonds. The van der Waals surface area contributed by atoms with Crippen molar-refractivity contribution in [2.24, 2.45) is 5.92 Å². The van der Waals surface area contributed by atoms with Crippen LogP contribution in [0.3, 0.4) is 0 Å². The van der Waals surface area contributed by atoms with Crippen molar-refractivity contribution in [2.75, 3.05) is 52.2 Å². The van der Waals surface area contributed by atoms with Crippen molar-refractivity contribution >= 4 is 23.2 Å². The van der Waals surface area contributed by atoms with Gasteiger partial charge in [0.1, 0.15) is 5.75 Å². The number of fused-ring (bicyclic) bond motifs is 1. The van der Waals surface area contributed by atoms with E-state index in [0.717, 1.165) is 51.1 Å². The smallest absolute Gasteiger partial charge is 0.255 e. The zero-order chi connectivity index (χ0) is 20.4. The molecule has 0 radical (unpaired) electrons. The molecule has 1 aromatic rings. The fourth-order valence-corrected chi connectivity index (χ4v) is 4.85. The second kappa shape index (κ2) is 9.08. The number of hydrogen-bond acceptors (Lipinski definition) is 6. The van der Waals surface area contributed by atoms with Crippen LogP contribution in [0.2, 0.25) is 5.02 Å². The molecule has 7 nitrogen and oxygen atoms in total. The van der Waals surface area contributed by atoms with Crippen molar-refractivity contribution in [2.45, 2.75) is 37.9 Å². The lowest BCUT2D eigenvalue weighted by atomic mass is 9.93. The molecule has 29 heavy (non-hydrogen) atoms. The Morgan fingerprint density at radius 2 is 2.28 bits per heavy atom. The first-order chi connectivity index (χ1) is 14.1. The number of methoxy groups -OCH3 is 1. The number of rotatable bonds is 6. The molecule has 4 rings (SSSR count). The molecule has 2 fully saturated rings. The van der Waals surface area contributed by atoms with E-state index >= 15 is 0 Å². The fourth-order valence-electron chi connectivity index (χ4n) is 4.63. The molecular formula is C21H30ClN3O4. The number of nitrogens with zero attached hydrogens (tertiary/aromatic N) is 1. The summed E-state index contributed by atoms with van der Waals surface area (Å²) in [7, 11) is 1.75. The van der Waals surface area contributed by atoms with E-state index in [1.165, 1.54) is 0 Å². The van der Waals surface area contributed by atoms with Crippen molar-refractivity contribution in [3.63, 3.8) is 0 Å². The van der Waals surface area contributed by atoms with Crippen LogP contribution in [-0.2, 0) is 15.9 Å². The van der Waals surface area contributed by atoms with Gasteiger partial charge >= 0.3 is 0 Å². The van der Waals surface area contributed by atoms with Gasteiger partial charge in [-0.05, 0) is 31.9 Å². The minimum absolute atomic E-state index is 0.0856. The summed E-state index contributed by atoms with van der Waals surface area (Å²) in [5, 5.41) is 3.46. The van der Waals surface area contributed by atoms with Gasteiger partial charge in [0.25, 0.3) is 5.91 Å². The topological polar surface area (TPSA) is 86.1 Å². The van der Waals surface area contributed by atoms with Gasteiger partial charge in [-0.3, -0.25) is 9.69 Å². The molecule has 0 aliphatic carbocycles. The predicted octanol–water partition coefficient (Wildman–Crippen LogP) is 2.10. The first kappa shape index (κ1) is 20.7. The van der Waals surface area contributed by atoms with Gasteiger partial charge in [-0.2, -0.15) is 0 Å². The van der Waals surface area contributed by atoms with Crippen LogP contribution < -0.4 is 15.8 Å². The van der Waals surface area contributed by atoms with Crippen LogP contribution >= 0.6 is 11.6 Å². The van der Waals surface area contributed by atoms with E-state index in [1.54, 1.807) is 13.2 Å². The third-order valence-electron chi connectivity index (χ3n) is 6.31. The molecule has 0 aromatic heterocycles. The van der Waals surface area contributed by atoms with Gasteiger partial charge in [-0.15, -0.1) is 0 Å². The summed E-state index contributed by atoms with van der Waals surface area (Å²) >= 11 is 6.23. The predicted molar refractivity (Wildman–Crippen MR) is 112 cm³/mol.